The van der Waals surface area contributed by atoms with Gasteiger partial charge in [-0.1, -0.05) is 11.6 Å². The molecule has 0 unspecified atom stereocenters. The first-order valence-corrected chi connectivity index (χ1v) is 8.02. The zero-order valence-electron chi connectivity index (χ0n) is 13.5. The molecule has 0 aromatic carbocycles. The molecular weight excluding hydrogens is 328 g/mol. The van der Waals surface area contributed by atoms with Crippen LogP contribution in [0, 0.1) is 11.8 Å². The van der Waals surface area contributed by atoms with Crippen molar-refractivity contribution < 1.29 is 4.79 Å². The van der Waals surface area contributed by atoms with Gasteiger partial charge in [0, 0.05) is 37.9 Å². The summed E-state index contributed by atoms with van der Waals surface area (Å²) in [5.41, 5.74) is 0.581. The lowest BCUT2D eigenvalue weighted by Crippen LogP contribution is -2.45. The molecule has 7 nitrogen and oxygen atoms in total. The predicted octanol–water partition coefficient (Wildman–Crippen LogP) is 1.61. The Morgan fingerprint density at radius 2 is 2.21 bits per heavy atom. The van der Waals surface area contributed by atoms with Gasteiger partial charge in [0.2, 0.25) is 5.82 Å². The van der Waals surface area contributed by atoms with Gasteiger partial charge in [-0.05, 0) is 30.9 Å². The maximum atomic E-state index is 12.2. The summed E-state index contributed by atoms with van der Waals surface area (Å²) in [5.74, 6) is 7.23. The van der Waals surface area contributed by atoms with Crippen molar-refractivity contribution in [2.45, 2.75) is 20.0 Å². The van der Waals surface area contributed by atoms with Crippen LogP contribution in [0.15, 0.2) is 18.3 Å². The fraction of sp³-hybridized carbons (Fsp3) is 0.375. The van der Waals surface area contributed by atoms with Crippen LogP contribution in [0.4, 0.5) is 4.79 Å². The van der Waals surface area contributed by atoms with E-state index in [1.165, 1.54) is 0 Å². The van der Waals surface area contributed by atoms with Crippen LogP contribution in [0.25, 0.3) is 0 Å². The van der Waals surface area contributed by atoms with Crippen molar-refractivity contribution in [3.63, 3.8) is 0 Å². The van der Waals surface area contributed by atoms with Crippen LogP contribution in [0.5, 0.6) is 0 Å². The molecule has 0 bridgehead atoms. The van der Waals surface area contributed by atoms with E-state index < -0.39 is 0 Å². The fourth-order valence-corrected chi connectivity index (χ4v) is 2.54. The molecule has 0 atom stereocenters. The first-order chi connectivity index (χ1) is 11.6. The molecule has 2 amide bonds. The first kappa shape index (κ1) is 16.3. The summed E-state index contributed by atoms with van der Waals surface area (Å²) in [6.07, 6.45) is 1.61. The van der Waals surface area contributed by atoms with Crippen LogP contribution >= 0.6 is 11.6 Å². The van der Waals surface area contributed by atoms with E-state index in [-0.39, 0.29) is 6.03 Å². The maximum Gasteiger partial charge on any atom is 0.320 e. The number of carbonyl (C=O) groups excluding carboxylic acids is 1. The molecule has 24 heavy (non-hydrogen) atoms. The van der Waals surface area contributed by atoms with Crippen LogP contribution < -0.4 is 0 Å². The predicted molar refractivity (Wildman–Crippen MR) is 89.4 cm³/mol. The molecule has 0 fully saturated rings. The zero-order valence-corrected chi connectivity index (χ0v) is 14.3. The molecule has 2 aromatic heterocycles. The van der Waals surface area contributed by atoms with E-state index in [1.807, 2.05) is 11.5 Å². The summed E-state index contributed by atoms with van der Waals surface area (Å²) in [4.78, 5) is 19.8. The van der Waals surface area contributed by atoms with Gasteiger partial charge < -0.3 is 14.4 Å². The Hall–Kier alpha value is -2.59. The van der Waals surface area contributed by atoms with Crippen molar-refractivity contribution in [1.82, 2.24) is 29.5 Å². The van der Waals surface area contributed by atoms with Gasteiger partial charge in [0.15, 0.2) is 5.82 Å². The Balaban J connectivity index is 1.78. The largest absolute Gasteiger partial charge is 0.328 e. The van der Waals surface area contributed by atoms with Crippen LogP contribution in [0.3, 0.4) is 0 Å². The summed E-state index contributed by atoms with van der Waals surface area (Å²) >= 11 is 5.92. The van der Waals surface area contributed by atoms with Gasteiger partial charge in [-0.2, -0.15) is 0 Å². The van der Waals surface area contributed by atoms with Crippen LogP contribution in [0.2, 0.25) is 5.02 Å². The SMILES string of the molecule is CCN(C)C(=O)N1CCn2c(C#Cc3cc(Cl)ccn3)nnc2C1. The third kappa shape index (κ3) is 3.34. The molecule has 1 aliphatic rings. The molecule has 0 saturated heterocycles. The van der Waals surface area contributed by atoms with Gasteiger partial charge in [-0.3, -0.25) is 0 Å². The number of urea groups is 1. The van der Waals surface area contributed by atoms with Crippen molar-refractivity contribution >= 4 is 17.6 Å². The number of amides is 2. The van der Waals surface area contributed by atoms with Crippen molar-refractivity contribution in [1.29, 1.82) is 0 Å². The normalized spacial score (nSPS) is 13.0. The monoisotopic (exact) mass is 344 g/mol. The van der Waals surface area contributed by atoms with Crippen molar-refractivity contribution in [2.24, 2.45) is 0 Å². The lowest BCUT2D eigenvalue weighted by Gasteiger charge is -2.30. The number of aromatic nitrogens is 4. The minimum Gasteiger partial charge on any atom is -0.328 e. The smallest absolute Gasteiger partial charge is 0.320 e. The highest BCUT2D eigenvalue weighted by molar-refractivity contribution is 6.30. The lowest BCUT2D eigenvalue weighted by atomic mass is 10.3. The van der Waals surface area contributed by atoms with Crippen LogP contribution in [0.1, 0.15) is 24.3 Å². The van der Waals surface area contributed by atoms with E-state index >= 15 is 0 Å². The van der Waals surface area contributed by atoms with E-state index in [1.54, 1.807) is 35.2 Å². The van der Waals surface area contributed by atoms with E-state index in [4.69, 9.17) is 11.6 Å². The van der Waals surface area contributed by atoms with Gasteiger partial charge in [-0.15, -0.1) is 10.2 Å². The zero-order chi connectivity index (χ0) is 17.1. The molecule has 0 aliphatic carbocycles. The molecule has 2 aromatic rings. The molecule has 0 spiro atoms. The maximum absolute atomic E-state index is 12.2. The van der Waals surface area contributed by atoms with Gasteiger partial charge in [0.1, 0.15) is 5.69 Å². The van der Waals surface area contributed by atoms with Gasteiger partial charge >= 0.3 is 6.03 Å². The van der Waals surface area contributed by atoms with Crippen LogP contribution in [-0.4, -0.2) is 55.7 Å². The van der Waals surface area contributed by atoms with Gasteiger partial charge in [0.05, 0.1) is 6.54 Å². The second-order valence-electron chi connectivity index (χ2n) is 5.42. The summed E-state index contributed by atoms with van der Waals surface area (Å²) in [6.45, 7) is 4.29. The third-order valence-corrected chi connectivity index (χ3v) is 4.08. The van der Waals surface area contributed by atoms with E-state index in [2.05, 4.69) is 27.0 Å². The second kappa shape index (κ2) is 6.89. The highest BCUT2D eigenvalue weighted by Gasteiger charge is 2.25. The number of pyridine rings is 1. The van der Waals surface area contributed by atoms with Crippen molar-refractivity contribution in [2.75, 3.05) is 20.1 Å². The Kier molecular flexibility index (Phi) is 4.67. The molecule has 8 heteroatoms. The molecule has 0 saturated carbocycles. The van der Waals surface area contributed by atoms with E-state index in [9.17, 15) is 4.79 Å². The summed E-state index contributed by atoms with van der Waals surface area (Å²) in [5, 5.41) is 8.87. The molecule has 1 aliphatic heterocycles. The number of hydrogen-bond acceptors (Lipinski definition) is 4. The quantitative estimate of drug-likeness (QED) is 0.737. The summed E-state index contributed by atoms with van der Waals surface area (Å²) < 4.78 is 1.94. The Morgan fingerprint density at radius 3 is 2.96 bits per heavy atom. The molecule has 3 heterocycles. The Morgan fingerprint density at radius 1 is 1.38 bits per heavy atom. The fourth-order valence-electron chi connectivity index (χ4n) is 2.38. The minimum absolute atomic E-state index is 0.00233. The number of hydrogen-bond donors (Lipinski definition) is 0. The Bertz CT molecular complexity index is 821. The minimum atomic E-state index is 0.00233. The van der Waals surface area contributed by atoms with E-state index in [0.717, 1.165) is 5.82 Å². The molecule has 0 radical (unpaired) electrons. The number of fused-ring (bicyclic) bond motifs is 1. The topological polar surface area (TPSA) is 67.2 Å². The van der Waals surface area contributed by atoms with Crippen molar-refractivity contribution in [3.8, 4) is 11.8 Å². The molecule has 124 valence electrons. The van der Waals surface area contributed by atoms with Crippen LogP contribution in [-0.2, 0) is 13.1 Å². The summed E-state index contributed by atoms with van der Waals surface area (Å²) in [7, 11) is 1.79. The van der Waals surface area contributed by atoms with E-state index in [0.29, 0.717) is 42.7 Å². The third-order valence-electron chi connectivity index (χ3n) is 3.85. The Labute approximate surface area is 145 Å². The average Bonchev–Trinajstić information content (AvgIpc) is 3.01. The molecule has 3 rings (SSSR count). The highest BCUT2D eigenvalue weighted by atomic mass is 35.5. The lowest BCUT2D eigenvalue weighted by molar-refractivity contribution is 0.150. The second-order valence-corrected chi connectivity index (χ2v) is 5.86. The van der Waals surface area contributed by atoms with Crippen molar-refractivity contribution in [3.05, 3.63) is 40.7 Å². The standard InChI is InChI=1S/C16H17ClN6O/c1-3-21(2)16(24)22-8-9-23-14(19-20-15(23)11-22)5-4-13-10-12(17)6-7-18-13/h6-7,10H,3,8-9,11H2,1-2H3. The number of nitrogens with zero attached hydrogens (tertiary/aromatic N) is 6. The number of rotatable bonds is 1. The average molecular weight is 345 g/mol. The van der Waals surface area contributed by atoms with Gasteiger partial charge in [-0.25, -0.2) is 9.78 Å². The molecule has 0 N–H and O–H groups in total. The molecular formula is C16H17ClN6O. The van der Waals surface area contributed by atoms with Gasteiger partial charge in [0.25, 0.3) is 0 Å². The number of carbonyl (C=O) groups is 1. The summed E-state index contributed by atoms with van der Waals surface area (Å²) in [6, 6.07) is 3.40. The first-order valence-electron chi connectivity index (χ1n) is 7.64. The number of halogens is 1. The highest BCUT2D eigenvalue weighted by Crippen LogP contribution is 2.13.